The number of aromatic nitrogens is 2. The van der Waals surface area contributed by atoms with Gasteiger partial charge in [-0.2, -0.15) is 9.40 Å². The van der Waals surface area contributed by atoms with Gasteiger partial charge < -0.3 is 5.32 Å². The first kappa shape index (κ1) is 16.2. The molecule has 2 aromatic rings. The van der Waals surface area contributed by atoms with E-state index in [2.05, 4.69) is 10.4 Å². The zero-order valence-electron chi connectivity index (χ0n) is 12.7. The summed E-state index contributed by atoms with van der Waals surface area (Å²) in [5.41, 5.74) is 0.464. The normalized spacial score (nSPS) is 15.9. The number of carbonyl (C=O) groups is 1. The third-order valence-electron chi connectivity index (χ3n) is 3.77. The van der Waals surface area contributed by atoms with Crippen LogP contribution in [-0.4, -0.2) is 41.5 Å². The van der Waals surface area contributed by atoms with E-state index in [1.54, 1.807) is 31.4 Å². The third kappa shape index (κ3) is 3.31. The van der Waals surface area contributed by atoms with E-state index in [9.17, 15) is 13.2 Å². The van der Waals surface area contributed by atoms with Gasteiger partial charge in [0.1, 0.15) is 9.90 Å². The Morgan fingerprint density at radius 2 is 2.04 bits per heavy atom. The van der Waals surface area contributed by atoms with Crippen LogP contribution in [0.4, 0.5) is 0 Å². The van der Waals surface area contributed by atoms with Crippen molar-refractivity contribution in [1.29, 1.82) is 0 Å². The van der Waals surface area contributed by atoms with E-state index in [0.717, 1.165) is 17.7 Å². The van der Waals surface area contributed by atoms with Crippen LogP contribution in [0.3, 0.4) is 0 Å². The Bertz CT molecular complexity index is 804. The summed E-state index contributed by atoms with van der Waals surface area (Å²) < 4.78 is 28.3. The summed E-state index contributed by atoms with van der Waals surface area (Å²) in [4.78, 5) is 12.8. The van der Waals surface area contributed by atoms with Gasteiger partial charge in [-0.05, 0) is 31.0 Å². The van der Waals surface area contributed by atoms with Crippen LogP contribution in [0.15, 0.2) is 28.6 Å². The van der Waals surface area contributed by atoms with Gasteiger partial charge in [0.15, 0.2) is 0 Å². The molecule has 0 bridgehead atoms. The monoisotopic (exact) mass is 354 g/mol. The molecule has 0 atom stereocenters. The molecule has 0 aliphatic carbocycles. The summed E-state index contributed by atoms with van der Waals surface area (Å²) in [5.74, 6) is -0.234. The van der Waals surface area contributed by atoms with Crippen molar-refractivity contribution in [2.45, 2.75) is 23.6 Å². The molecule has 9 heteroatoms. The van der Waals surface area contributed by atoms with Crippen molar-refractivity contribution < 1.29 is 13.2 Å². The topological polar surface area (TPSA) is 84.3 Å². The summed E-state index contributed by atoms with van der Waals surface area (Å²) in [6.07, 6.45) is 3.39. The number of hydrogen-bond acceptors (Lipinski definition) is 5. The van der Waals surface area contributed by atoms with Gasteiger partial charge in [-0.3, -0.25) is 9.48 Å². The molecule has 23 heavy (non-hydrogen) atoms. The van der Waals surface area contributed by atoms with Gasteiger partial charge in [-0.15, -0.1) is 11.3 Å². The highest BCUT2D eigenvalue weighted by Crippen LogP contribution is 2.27. The second kappa shape index (κ2) is 6.42. The highest BCUT2D eigenvalue weighted by molar-refractivity contribution is 7.91. The number of aryl methyl sites for hydroxylation is 1. The molecule has 0 unspecified atom stereocenters. The van der Waals surface area contributed by atoms with Crippen molar-refractivity contribution in [2.24, 2.45) is 7.05 Å². The van der Waals surface area contributed by atoms with Gasteiger partial charge in [0.2, 0.25) is 0 Å². The van der Waals surface area contributed by atoms with Crippen LogP contribution >= 0.6 is 11.3 Å². The quantitative estimate of drug-likeness (QED) is 0.874. The number of rotatable bonds is 5. The minimum absolute atomic E-state index is 0.234. The van der Waals surface area contributed by atoms with E-state index >= 15 is 0 Å². The number of amides is 1. The highest BCUT2D eigenvalue weighted by Gasteiger charge is 2.28. The summed E-state index contributed by atoms with van der Waals surface area (Å²) in [6, 6.07) is 4.99. The van der Waals surface area contributed by atoms with Crippen molar-refractivity contribution in [1.82, 2.24) is 19.4 Å². The molecule has 0 aromatic carbocycles. The molecule has 1 saturated heterocycles. The van der Waals surface area contributed by atoms with Crippen LogP contribution in [0, 0.1) is 0 Å². The van der Waals surface area contributed by atoms with Gasteiger partial charge >= 0.3 is 0 Å². The minimum atomic E-state index is -3.38. The first-order valence-corrected chi connectivity index (χ1v) is 9.59. The molecule has 1 amide bonds. The Morgan fingerprint density at radius 3 is 2.70 bits per heavy atom. The van der Waals surface area contributed by atoms with Crippen LogP contribution in [0.1, 0.15) is 28.2 Å². The molecule has 0 radical (unpaired) electrons. The molecule has 0 spiro atoms. The molecule has 1 aliphatic rings. The molecule has 3 rings (SSSR count). The van der Waals surface area contributed by atoms with E-state index in [1.165, 1.54) is 20.3 Å². The molecule has 1 aliphatic heterocycles. The SMILES string of the molecule is Cn1nccc1C(=O)NCc1ccc(S(=O)(=O)N2CCCC2)s1. The number of carbonyl (C=O) groups excluding carboxylic acids is 1. The summed E-state index contributed by atoms with van der Waals surface area (Å²) in [7, 11) is -1.69. The first-order valence-electron chi connectivity index (χ1n) is 7.33. The van der Waals surface area contributed by atoms with Crippen LogP contribution < -0.4 is 5.32 Å². The van der Waals surface area contributed by atoms with E-state index in [-0.39, 0.29) is 5.91 Å². The van der Waals surface area contributed by atoms with Gasteiger partial charge in [0.05, 0.1) is 6.54 Å². The minimum Gasteiger partial charge on any atom is -0.346 e. The first-order chi connectivity index (χ1) is 11.0. The Morgan fingerprint density at radius 1 is 1.30 bits per heavy atom. The third-order valence-corrected chi connectivity index (χ3v) is 7.22. The number of nitrogens with zero attached hydrogens (tertiary/aromatic N) is 3. The standard InChI is InChI=1S/C14H18N4O3S2/c1-17-12(6-7-16-17)14(19)15-10-11-4-5-13(22-11)23(20,21)18-8-2-3-9-18/h4-7H,2-3,8-10H2,1H3,(H,15,19). The van der Waals surface area contributed by atoms with Crippen LogP contribution in [0.2, 0.25) is 0 Å². The molecular formula is C14H18N4O3S2. The summed E-state index contributed by atoms with van der Waals surface area (Å²) in [6.45, 7) is 1.48. The average Bonchev–Trinajstić information content (AvgIpc) is 3.25. The molecule has 7 nitrogen and oxygen atoms in total. The second-order valence-corrected chi connectivity index (χ2v) is 8.69. The van der Waals surface area contributed by atoms with Crippen molar-refractivity contribution in [3.05, 3.63) is 35.0 Å². The molecule has 1 fully saturated rings. The molecule has 2 aromatic heterocycles. The van der Waals surface area contributed by atoms with Gasteiger partial charge in [0, 0.05) is 31.2 Å². The van der Waals surface area contributed by atoms with Crippen LogP contribution in [-0.2, 0) is 23.6 Å². The van der Waals surface area contributed by atoms with Gasteiger partial charge in [0.25, 0.3) is 15.9 Å². The van der Waals surface area contributed by atoms with E-state index in [1.807, 2.05) is 0 Å². The van der Waals surface area contributed by atoms with Crippen LogP contribution in [0.5, 0.6) is 0 Å². The highest BCUT2D eigenvalue weighted by atomic mass is 32.2. The summed E-state index contributed by atoms with van der Waals surface area (Å²) >= 11 is 1.20. The fraction of sp³-hybridized carbons (Fsp3) is 0.429. The Balaban J connectivity index is 1.66. The fourth-order valence-corrected chi connectivity index (χ4v) is 5.47. The molecular weight excluding hydrogens is 336 g/mol. The van der Waals surface area contributed by atoms with E-state index in [0.29, 0.717) is 29.5 Å². The van der Waals surface area contributed by atoms with E-state index < -0.39 is 10.0 Å². The lowest BCUT2D eigenvalue weighted by Crippen LogP contribution is -2.27. The molecule has 124 valence electrons. The smallest absolute Gasteiger partial charge is 0.269 e. The molecule has 0 saturated carbocycles. The van der Waals surface area contributed by atoms with Crippen molar-refractivity contribution in [3.8, 4) is 0 Å². The van der Waals surface area contributed by atoms with Crippen molar-refractivity contribution in [3.63, 3.8) is 0 Å². The second-order valence-electron chi connectivity index (χ2n) is 5.35. The van der Waals surface area contributed by atoms with Crippen molar-refractivity contribution >= 4 is 27.3 Å². The van der Waals surface area contributed by atoms with Crippen molar-refractivity contribution in [2.75, 3.05) is 13.1 Å². The lowest BCUT2D eigenvalue weighted by molar-refractivity contribution is 0.0942. The fourth-order valence-electron chi connectivity index (χ4n) is 2.50. The van der Waals surface area contributed by atoms with E-state index in [4.69, 9.17) is 0 Å². The van der Waals surface area contributed by atoms with Crippen LogP contribution in [0.25, 0.3) is 0 Å². The maximum Gasteiger partial charge on any atom is 0.269 e. The predicted molar refractivity (Wildman–Crippen MR) is 86.7 cm³/mol. The Hall–Kier alpha value is -1.71. The number of sulfonamides is 1. The average molecular weight is 354 g/mol. The lowest BCUT2D eigenvalue weighted by atomic mass is 10.4. The number of hydrogen-bond donors (Lipinski definition) is 1. The van der Waals surface area contributed by atoms with Gasteiger partial charge in [-0.25, -0.2) is 8.42 Å². The Labute approximate surface area is 139 Å². The molecule has 1 N–H and O–H groups in total. The summed E-state index contributed by atoms with van der Waals surface area (Å²) in [5, 5.41) is 6.73. The number of nitrogens with one attached hydrogen (secondary N) is 1. The zero-order chi connectivity index (χ0) is 16.4. The Kier molecular flexibility index (Phi) is 4.51. The zero-order valence-corrected chi connectivity index (χ0v) is 14.4. The largest absolute Gasteiger partial charge is 0.346 e. The number of thiophene rings is 1. The lowest BCUT2D eigenvalue weighted by Gasteiger charge is -2.13. The maximum atomic E-state index is 12.5. The molecule has 3 heterocycles. The van der Waals surface area contributed by atoms with Gasteiger partial charge in [-0.1, -0.05) is 0 Å². The predicted octanol–water partition coefficient (Wildman–Crippen LogP) is 1.20. The maximum absolute atomic E-state index is 12.5.